The van der Waals surface area contributed by atoms with Crippen molar-refractivity contribution < 1.29 is 0 Å². The molecule has 0 spiro atoms. The molecule has 0 aliphatic heterocycles. The SMILES string of the molecule is Cc1ccc(-c2ccc(-c3ccc(C)[te]3)[te]2)[te]1. The van der Waals surface area contributed by atoms with Gasteiger partial charge in [-0.25, -0.2) is 0 Å². The van der Waals surface area contributed by atoms with Crippen LogP contribution in [0.5, 0.6) is 0 Å². The number of aryl methyl sites for hydroxylation is 2. The third-order valence-electron chi connectivity index (χ3n) is 2.57. The monoisotopic (exact) mass is 570 g/mol. The van der Waals surface area contributed by atoms with Crippen LogP contribution in [0.3, 0.4) is 0 Å². The first kappa shape index (κ1) is 12.8. The van der Waals surface area contributed by atoms with E-state index in [-0.39, 0.29) is 61.3 Å². The Bertz CT molecular complexity index is 585. The Balaban J connectivity index is 1.98. The van der Waals surface area contributed by atoms with Crippen molar-refractivity contribution in [2.24, 2.45) is 0 Å². The zero-order valence-electron chi connectivity index (χ0n) is 9.69. The molecular formula is C14H12Te3. The van der Waals surface area contributed by atoms with Crippen LogP contribution in [0.4, 0.5) is 0 Å². The second kappa shape index (κ2) is 5.43. The van der Waals surface area contributed by atoms with Crippen LogP contribution in [0.25, 0.3) is 14.3 Å². The van der Waals surface area contributed by atoms with Crippen LogP contribution in [-0.4, -0.2) is 61.3 Å². The van der Waals surface area contributed by atoms with Crippen molar-refractivity contribution >= 4 is 61.3 Å². The molecule has 0 atom stereocenters. The molecule has 3 heteroatoms. The molecule has 3 aromatic heterocycles. The van der Waals surface area contributed by atoms with Crippen LogP contribution in [-0.2, 0) is 0 Å². The van der Waals surface area contributed by atoms with Crippen LogP contribution in [0.15, 0.2) is 36.4 Å². The maximum absolute atomic E-state index is 2.42. The van der Waals surface area contributed by atoms with E-state index in [0.29, 0.717) is 0 Å². The molecule has 0 aromatic carbocycles. The minimum absolute atomic E-state index is 0.00920. The van der Waals surface area contributed by atoms with Crippen molar-refractivity contribution in [3.63, 3.8) is 0 Å². The van der Waals surface area contributed by atoms with Crippen LogP contribution < -0.4 is 0 Å². The molecule has 17 heavy (non-hydrogen) atoms. The van der Waals surface area contributed by atoms with Crippen LogP contribution in [0.1, 0.15) is 7.16 Å². The van der Waals surface area contributed by atoms with E-state index in [9.17, 15) is 0 Å². The summed E-state index contributed by atoms with van der Waals surface area (Å²) < 4.78 is 10.1. The molecule has 3 rings (SSSR count). The summed E-state index contributed by atoms with van der Waals surface area (Å²) in [6.45, 7) is 4.57. The molecule has 0 fully saturated rings. The maximum atomic E-state index is 2.42. The second-order valence-electron chi connectivity index (χ2n) is 3.98. The molecule has 86 valence electrons. The van der Waals surface area contributed by atoms with Crippen molar-refractivity contribution in [2.45, 2.75) is 13.8 Å². The van der Waals surface area contributed by atoms with E-state index in [1.54, 1.807) is 21.5 Å². The van der Waals surface area contributed by atoms with Gasteiger partial charge in [0.15, 0.2) is 0 Å². The minimum atomic E-state index is -0.0633. The molecule has 0 radical (unpaired) electrons. The first-order valence-electron chi connectivity index (χ1n) is 5.46. The Hall–Kier alpha value is 0.809. The summed E-state index contributed by atoms with van der Waals surface area (Å²) in [5, 5.41) is 0. The average Bonchev–Trinajstić information content (AvgIpc) is 2.96. The average molecular weight is 563 g/mol. The number of rotatable bonds is 2. The summed E-state index contributed by atoms with van der Waals surface area (Å²) in [5.41, 5.74) is 0. The Morgan fingerprint density at radius 1 is 0.529 bits per heavy atom. The summed E-state index contributed by atoms with van der Waals surface area (Å²) in [6, 6.07) is 14.3. The van der Waals surface area contributed by atoms with Gasteiger partial charge in [0.2, 0.25) is 0 Å². The first-order valence-corrected chi connectivity index (χ1v) is 12.4. The van der Waals surface area contributed by atoms with Crippen molar-refractivity contribution in [2.75, 3.05) is 0 Å². The van der Waals surface area contributed by atoms with E-state index < -0.39 is 0 Å². The van der Waals surface area contributed by atoms with Gasteiger partial charge in [0.05, 0.1) is 0 Å². The van der Waals surface area contributed by atoms with Crippen LogP contribution >= 0.6 is 0 Å². The van der Waals surface area contributed by atoms with Crippen molar-refractivity contribution in [1.82, 2.24) is 0 Å². The molecule has 0 nitrogen and oxygen atoms in total. The van der Waals surface area contributed by atoms with Gasteiger partial charge in [0.1, 0.15) is 0 Å². The molecule has 0 N–H and O–H groups in total. The van der Waals surface area contributed by atoms with E-state index in [0.717, 1.165) is 0 Å². The number of hydrogen-bond donors (Lipinski definition) is 0. The van der Waals surface area contributed by atoms with E-state index in [1.807, 2.05) is 0 Å². The molecule has 0 unspecified atom stereocenters. The van der Waals surface area contributed by atoms with Gasteiger partial charge >= 0.3 is 133 Å². The Labute approximate surface area is 131 Å². The summed E-state index contributed by atoms with van der Waals surface area (Å²) in [6.07, 6.45) is 0. The van der Waals surface area contributed by atoms with Gasteiger partial charge in [-0.3, -0.25) is 0 Å². The summed E-state index contributed by atoms with van der Waals surface area (Å²) in [4.78, 5) is 0. The summed E-state index contributed by atoms with van der Waals surface area (Å²) in [5.74, 6) is 0. The second-order valence-corrected chi connectivity index (χ2v) is 14.4. The molecule has 0 saturated heterocycles. The molecule has 0 aliphatic carbocycles. The van der Waals surface area contributed by atoms with E-state index in [4.69, 9.17) is 0 Å². The predicted molar refractivity (Wildman–Crippen MR) is 77.6 cm³/mol. The van der Waals surface area contributed by atoms with E-state index in [1.165, 1.54) is 0 Å². The number of hydrogen-bond acceptors (Lipinski definition) is 0. The quantitative estimate of drug-likeness (QED) is 0.422. The molecule has 0 amide bonds. The van der Waals surface area contributed by atoms with Gasteiger partial charge in [0.25, 0.3) is 0 Å². The van der Waals surface area contributed by atoms with Gasteiger partial charge < -0.3 is 0 Å². The van der Waals surface area contributed by atoms with Crippen LogP contribution in [0.2, 0.25) is 0 Å². The first-order chi connectivity index (χ1) is 8.22. The van der Waals surface area contributed by atoms with Crippen molar-refractivity contribution in [3.05, 3.63) is 43.6 Å². The van der Waals surface area contributed by atoms with Crippen LogP contribution in [0, 0.1) is 13.8 Å². The van der Waals surface area contributed by atoms with E-state index in [2.05, 4.69) is 50.2 Å². The summed E-state index contributed by atoms with van der Waals surface area (Å²) in [7, 11) is 0. The van der Waals surface area contributed by atoms with Gasteiger partial charge in [-0.05, 0) is 0 Å². The van der Waals surface area contributed by atoms with Gasteiger partial charge in [-0.1, -0.05) is 0 Å². The fourth-order valence-electron chi connectivity index (χ4n) is 1.74. The predicted octanol–water partition coefficient (Wildman–Crippen LogP) is 2.81. The van der Waals surface area contributed by atoms with Crippen molar-refractivity contribution in [1.29, 1.82) is 0 Å². The fourth-order valence-corrected chi connectivity index (χ4v) is 11.8. The topological polar surface area (TPSA) is 0 Å². The Kier molecular flexibility index (Phi) is 4.10. The summed E-state index contributed by atoms with van der Waals surface area (Å²) >= 11 is -0.0449. The molecule has 0 bridgehead atoms. The Morgan fingerprint density at radius 3 is 1.24 bits per heavy atom. The Morgan fingerprint density at radius 2 is 0.882 bits per heavy atom. The third-order valence-corrected chi connectivity index (χ3v) is 14.3. The zero-order chi connectivity index (χ0) is 11.8. The molecule has 0 saturated carbocycles. The standard InChI is InChI=1S/C14H12Te3/c1-9-3-5-11(15-9)13-7-8-14(17-13)12-6-4-10(2)16-12/h3-8H,1-2H3. The van der Waals surface area contributed by atoms with Gasteiger partial charge in [-0.2, -0.15) is 0 Å². The molecular weight excluding hydrogens is 551 g/mol. The fraction of sp³-hybridized carbons (Fsp3) is 0.143. The van der Waals surface area contributed by atoms with Crippen molar-refractivity contribution in [3.8, 4) is 14.3 Å². The molecule has 3 aromatic rings. The van der Waals surface area contributed by atoms with Gasteiger partial charge in [0, 0.05) is 0 Å². The normalized spacial score (nSPS) is 10.9. The molecule has 3 heterocycles. The molecule has 0 aliphatic rings. The van der Waals surface area contributed by atoms with Gasteiger partial charge in [-0.15, -0.1) is 0 Å². The zero-order valence-corrected chi connectivity index (χ0v) is 16.7. The third kappa shape index (κ3) is 2.87. The van der Waals surface area contributed by atoms with E-state index >= 15 is 0 Å².